The molecule has 1 fully saturated rings. The highest BCUT2D eigenvalue weighted by Crippen LogP contribution is 2.42. The zero-order valence-corrected chi connectivity index (χ0v) is 12.0. The molecule has 4 nitrogen and oxygen atoms in total. The van der Waals surface area contributed by atoms with Crippen LogP contribution in [0.4, 0.5) is 0 Å². The Balaban J connectivity index is 2.39. The number of nitrogens with one attached hydrogen (secondary N) is 2. The van der Waals surface area contributed by atoms with E-state index in [1.807, 2.05) is 11.8 Å². The van der Waals surface area contributed by atoms with Gasteiger partial charge in [0.1, 0.15) is 6.04 Å². The number of thioether (sulfide) groups is 1. The molecule has 2 N–H and O–H groups in total. The minimum Gasteiger partial charge on any atom is -0.353 e. The number of carbonyl (C=O) groups excluding carboxylic acids is 2. The van der Waals surface area contributed by atoms with E-state index >= 15 is 0 Å². The van der Waals surface area contributed by atoms with E-state index in [0.717, 1.165) is 12.8 Å². The summed E-state index contributed by atoms with van der Waals surface area (Å²) >= 11 is 5.89. The fraction of sp³-hybridized carbons (Fsp3) is 0.818. The lowest BCUT2D eigenvalue weighted by Gasteiger charge is -2.40. The Morgan fingerprint density at radius 2 is 2.12 bits per heavy atom. The summed E-state index contributed by atoms with van der Waals surface area (Å²) in [5.41, 5.74) is 0. The lowest BCUT2D eigenvalue weighted by Crippen LogP contribution is -2.52. The third-order valence-corrected chi connectivity index (χ3v) is 4.94. The molecule has 2 amide bonds. The van der Waals surface area contributed by atoms with Crippen molar-refractivity contribution in [3.8, 4) is 0 Å². The van der Waals surface area contributed by atoms with Crippen molar-refractivity contribution in [2.24, 2.45) is 0 Å². The summed E-state index contributed by atoms with van der Waals surface area (Å²) in [5.74, 6) is -0.0320. The topological polar surface area (TPSA) is 58.2 Å². The third-order valence-electron chi connectivity index (χ3n) is 3.16. The summed E-state index contributed by atoms with van der Waals surface area (Å²) < 4.78 is 0.215. The van der Waals surface area contributed by atoms with Crippen molar-refractivity contribution < 1.29 is 9.59 Å². The monoisotopic (exact) mass is 276 g/mol. The van der Waals surface area contributed by atoms with Gasteiger partial charge in [-0.1, -0.05) is 6.42 Å². The molecule has 0 spiro atoms. The maximum Gasteiger partial charge on any atom is 0.243 e. The SMILES string of the molecule is CSC1(CNC(=O)C(CS)NC(C)=O)CCC1. The van der Waals surface area contributed by atoms with Crippen LogP contribution in [-0.2, 0) is 9.59 Å². The molecule has 1 atom stereocenters. The smallest absolute Gasteiger partial charge is 0.243 e. The fourth-order valence-electron chi connectivity index (χ4n) is 1.84. The number of amides is 2. The quantitative estimate of drug-likeness (QED) is 0.630. The van der Waals surface area contributed by atoms with Crippen LogP contribution in [0.25, 0.3) is 0 Å². The first-order valence-electron chi connectivity index (χ1n) is 5.74. The molecule has 0 aromatic carbocycles. The summed E-state index contributed by atoms with van der Waals surface area (Å²) in [6.07, 6.45) is 5.62. The lowest BCUT2D eigenvalue weighted by atomic mass is 9.84. The van der Waals surface area contributed by atoms with E-state index in [9.17, 15) is 9.59 Å². The van der Waals surface area contributed by atoms with Crippen molar-refractivity contribution in [3.05, 3.63) is 0 Å². The van der Waals surface area contributed by atoms with Gasteiger partial charge < -0.3 is 10.6 Å². The maximum atomic E-state index is 11.8. The molecule has 1 rings (SSSR count). The average molecular weight is 276 g/mol. The van der Waals surface area contributed by atoms with Crippen LogP contribution in [0.15, 0.2) is 0 Å². The van der Waals surface area contributed by atoms with E-state index in [1.165, 1.54) is 13.3 Å². The molecular weight excluding hydrogens is 256 g/mol. The van der Waals surface area contributed by atoms with Crippen LogP contribution >= 0.6 is 24.4 Å². The predicted octanol–water partition coefficient (Wildman–Crippen LogP) is 0.823. The van der Waals surface area contributed by atoms with Crippen LogP contribution in [0.2, 0.25) is 0 Å². The van der Waals surface area contributed by atoms with Gasteiger partial charge in [0.15, 0.2) is 0 Å². The average Bonchev–Trinajstić information content (AvgIpc) is 2.24. The maximum absolute atomic E-state index is 11.8. The molecule has 0 aliphatic heterocycles. The van der Waals surface area contributed by atoms with Crippen molar-refractivity contribution in [1.82, 2.24) is 10.6 Å². The first-order chi connectivity index (χ1) is 8.03. The molecule has 0 aromatic heterocycles. The van der Waals surface area contributed by atoms with E-state index in [1.54, 1.807) is 0 Å². The summed E-state index contributed by atoms with van der Waals surface area (Å²) in [4.78, 5) is 22.7. The zero-order chi connectivity index (χ0) is 12.9. The Morgan fingerprint density at radius 1 is 1.47 bits per heavy atom. The van der Waals surface area contributed by atoms with Gasteiger partial charge in [-0.25, -0.2) is 0 Å². The van der Waals surface area contributed by atoms with Gasteiger partial charge in [0.2, 0.25) is 11.8 Å². The molecule has 0 saturated heterocycles. The minimum absolute atomic E-state index is 0.143. The van der Waals surface area contributed by atoms with E-state index in [4.69, 9.17) is 0 Å². The largest absolute Gasteiger partial charge is 0.353 e. The van der Waals surface area contributed by atoms with Crippen molar-refractivity contribution in [1.29, 1.82) is 0 Å². The van der Waals surface area contributed by atoms with Crippen molar-refractivity contribution >= 4 is 36.2 Å². The molecule has 1 aliphatic rings. The number of carbonyl (C=O) groups is 2. The molecule has 0 radical (unpaired) electrons. The van der Waals surface area contributed by atoms with Gasteiger partial charge in [-0.05, 0) is 19.1 Å². The highest BCUT2D eigenvalue weighted by atomic mass is 32.2. The molecule has 6 heteroatoms. The Hall–Kier alpha value is -0.360. The second-order valence-corrected chi connectivity index (χ2v) is 6.03. The zero-order valence-electron chi connectivity index (χ0n) is 10.3. The van der Waals surface area contributed by atoms with Gasteiger partial charge in [0.25, 0.3) is 0 Å². The van der Waals surface area contributed by atoms with Crippen molar-refractivity contribution in [2.75, 3.05) is 18.6 Å². The summed E-state index contributed by atoms with van der Waals surface area (Å²) in [5, 5.41) is 5.49. The first-order valence-corrected chi connectivity index (χ1v) is 7.59. The fourth-order valence-corrected chi connectivity index (χ4v) is 3.01. The molecule has 0 heterocycles. The Bertz CT molecular complexity index is 288. The number of hydrogen-bond acceptors (Lipinski definition) is 4. The molecule has 0 aromatic rings. The van der Waals surface area contributed by atoms with Gasteiger partial charge in [0, 0.05) is 24.0 Å². The molecule has 1 aliphatic carbocycles. The van der Waals surface area contributed by atoms with Gasteiger partial charge in [-0.3, -0.25) is 9.59 Å². The van der Waals surface area contributed by atoms with E-state index in [0.29, 0.717) is 12.3 Å². The number of hydrogen-bond donors (Lipinski definition) is 3. The normalized spacial score (nSPS) is 19.0. The van der Waals surface area contributed by atoms with Gasteiger partial charge in [-0.2, -0.15) is 24.4 Å². The highest BCUT2D eigenvalue weighted by Gasteiger charge is 2.36. The van der Waals surface area contributed by atoms with Crippen LogP contribution in [0.1, 0.15) is 26.2 Å². The van der Waals surface area contributed by atoms with Crippen LogP contribution in [-0.4, -0.2) is 41.2 Å². The van der Waals surface area contributed by atoms with Crippen LogP contribution < -0.4 is 10.6 Å². The van der Waals surface area contributed by atoms with Crippen LogP contribution in [0, 0.1) is 0 Å². The molecule has 17 heavy (non-hydrogen) atoms. The van der Waals surface area contributed by atoms with Crippen molar-refractivity contribution in [3.63, 3.8) is 0 Å². The Labute approximate surface area is 112 Å². The number of thiol groups is 1. The van der Waals surface area contributed by atoms with Gasteiger partial charge in [0.05, 0.1) is 0 Å². The minimum atomic E-state index is -0.533. The molecule has 1 unspecified atom stereocenters. The second-order valence-electron chi connectivity index (χ2n) is 4.39. The highest BCUT2D eigenvalue weighted by molar-refractivity contribution is 8.00. The van der Waals surface area contributed by atoms with Gasteiger partial charge in [-0.15, -0.1) is 0 Å². The van der Waals surface area contributed by atoms with E-state index in [-0.39, 0.29) is 16.6 Å². The van der Waals surface area contributed by atoms with Crippen LogP contribution in [0.3, 0.4) is 0 Å². The van der Waals surface area contributed by atoms with E-state index < -0.39 is 6.04 Å². The molecule has 1 saturated carbocycles. The second kappa shape index (κ2) is 6.54. The summed E-state index contributed by atoms with van der Waals surface area (Å²) in [6.45, 7) is 2.08. The molecule has 0 bridgehead atoms. The summed E-state index contributed by atoms with van der Waals surface area (Å²) in [7, 11) is 0. The Kier molecular flexibility index (Phi) is 5.66. The van der Waals surface area contributed by atoms with Gasteiger partial charge >= 0.3 is 0 Å². The third kappa shape index (κ3) is 4.10. The predicted molar refractivity (Wildman–Crippen MR) is 74.6 cm³/mol. The Morgan fingerprint density at radius 3 is 2.47 bits per heavy atom. The van der Waals surface area contributed by atoms with Crippen LogP contribution in [0.5, 0.6) is 0 Å². The molecular formula is C11H20N2O2S2. The first kappa shape index (κ1) is 14.7. The lowest BCUT2D eigenvalue weighted by molar-refractivity contribution is -0.127. The van der Waals surface area contributed by atoms with Crippen molar-refractivity contribution in [2.45, 2.75) is 37.0 Å². The molecule has 98 valence electrons. The number of rotatable bonds is 6. The van der Waals surface area contributed by atoms with E-state index in [2.05, 4.69) is 29.5 Å². The summed E-state index contributed by atoms with van der Waals surface area (Å²) in [6, 6.07) is -0.533. The standard InChI is InChI=1S/C11H20N2O2S2/c1-8(14)13-9(6-16)10(15)12-7-11(17-2)4-3-5-11/h9,16H,3-7H2,1-2H3,(H,12,15)(H,13,14).